The first-order valence-electron chi connectivity index (χ1n) is 4.21. The number of hydrogen-bond acceptors (Lipinski definition) is 2. The molecule has 0 saturated heterocycles. The minimum absolute atomic E-state index is 0.213. The summed E-state index contributed by atoms with van der Waals surface area (Å²) in [7, 11) is 0. The number of carbonyl (C=O) groups is 1. The van der Waals surface area contributed by atoms with E-state index in [1.165, 1.54) is 5.56 Å². The molecule has 1 unspecified atom stereocenters. The van der Waals surface area contributed by atoms with Gasteiger partial charge in [-0.05, 0) is 42.2 Å². The standard InChI is InChI=1S/C10H14OS/c1-8(9(2)11)3-4-10-5-6-12-7-10/h5-8H,3-4H2,1-2H3. The Bertz CT molecular complexity index is 238. The molecule has 1 nitrogen and oxygen atoms in total. The maximum atomic E-state index is 10.9. The van der Waals surface area contributed by atoms with E-state index in [4.69, 9.17) is 0 Å². The fraction of sp³-hybridized carbons (Fsp3) is 0.500. The van der Waals surface area contributed by atoms with Gasteiger partial charge >= 0.3 is 0 Å². The summed E-state index contributed by atoms with van der Waals surface area (Å²) in [4.78, 5) is 10.9. The lowest BCUT2D eigenvalue weighted by Gasteiger charge is -2.04. The Morgan fingerprint density at radius 1 is 1.67 bits per heavy atom. The van der Waals surface area contributed by atoms with Crippen LogP contribution in [0.25, 0.3) is 0 Å². The van der Waals surface area contributed by atoms with E-state index in [1.807, 2.05) is 6.92 Å². The zero-order valence-electron chi connectivity index (χ0n) is 7.54. The fourth-order valence-corrected chi connectivity index (χ4v) is 1.72. The zero-order chi connectivity index (χ0) is 8.97. The largest absolute Gasteiger partial charge is 0.300 e. The van der Waals surface area contributed by atoms with Gasteiger partial charge in [-0.15, -0.1) is 0 Å². The molecule has 0 aliphatic rings. The molecule has 0 bridgehead atoms. The minimum Gasteiger partial charge on any atom is -0.300 e. The van der Waals surface area contributed by atoms with Gasteiger partial charge < -0.3 is 0 Å². The summed E-state index contributed by atoms with van der Waals surface area (Å²) in [6.45, 7) is 3.66. The summed E-state index contributed by atoms with van der Waals surface area (Å²) >= 11 is 1.71. The molecule has 66 valence electrons. The first kappa shape index (κ1) is 9.46. The van der Waals surface area contributed by atoms with Crippen LogP contribution in [0.2, 0.25) is 0 Å². The Morgan fingerprint density at radius 3 is 2.92 bits per heavy atom. The van der Waals surface area contributed by atoms with Crippen LogP contribution >= 0.6 is 11.3 Å². The molecule has 1 aromatic rings. The van der Waals surface area contributed by atoms with Gasteiger partial charge in [-0.1, -0.05) is 6.92 Å². The molecule has 0 spiro atoms. The van der Waals surface area contributed by atoms with Crippen molar-refractivity contribution in [3.63, 3.8) is 0 Å². The smallest absolute Gasteiger partial charge is 0.132 e. The Kier molecular flexibility index (Phi) is 3.48. The molecule has 1 rings (SSSR count). The van der Waals surface area contributed by atoms with Crippen LogP contribution in [0, 0.1) is 5.92 Å². The first-order valence-corrected chi connectivity index (χ1v) is 5.16. The lowest BCUT2D eigenvalue weighted by atomic mass is 10.00. The summed E-state index contributed by atoms with van der Waals surface area (Å²) in [5.74, 6) is 0.509. The third-order valence-electron chi connectivity index (χ3n) is 2.14. The van der Waals surface area contributed by atoms with Crippen LogP contribution < -0.4 is 0 Å². The van der Waals surface area contributed by atoms with Gasteiger partial charge in [0.2, 0.25) is 0 Å². The second-order valence-electron chi connectivity index (χ2n) is 3.18. The van der Waals surface area contributed by atoms with E-state index in [0.717, 1.165) is 12.8 Å². The highest BCUT2D eigenvalue weighted by molar-refractivity contribution is 7.07. The van der Waals surface area contributed by atoms with E-state index < -0.39 is 0 Å². The summed E-state index contributed by atoms with van der Waals surface area (Å²) in [5, 5.41) is 4.22. The van der Waals surface area contributed by atoms with E-state index in [1.54, 1.807) is 18.3 Å². The second kappa shape index (κ2) is 4.41. The van der Waals surface area contributed by atoms with E-state index in [2.05, 4.69) is 16.8 Å². The van der Waals surface area contributed by atoms with Gasteiger partial charge in [0.25, 0.3) is 0 Å². The lowest BCUT2D eigenvalue weighted by Crippen LogP contribution is -2.06. The molecule has 0 aliphatic heterocycles. The molecular weight excluding hydrogens is 168 g/mol. The Balaban J connectivity index is 2.31. The summed E-state index contributed by atoms with van der Waals surface area (Å²) < 4.78 is 0. The number of hydrogen-bond donors (Lipinski definition) is 0. The SMILES string of the molecule is CC(=O)C(C)CCc1ccsc1. The van der Waals surface area contributed by atoms with Crippen molar-refractivity contribution < 1.29 is 4.79 Å². The fourth-order valence-electron chi connectivity index (χ4n) is 1.02. The van der Waals surface area contributed by atoms with Crippen molar-refractivity contribution in [2.75, 3.05) is 0 Å². The van der Waals surface area contributed by atoms with Gasteiger partial charge in [0.15, 0.2) is 0 Å². The summed E-state index contributed by atoms with van der Waals surface area (Å²) in [6.07, 6.45) is 2.01. The van der Waals surface area contributed by atoms with Crippen LogP contribution in [0.3, 0.4) is 0 Å². The monoisotopic (exact) mass is 182 g/mol. The van der Waals surface area contributed by atoms with Gasteiger partial charge in [0.05, 0.1) is 0 Å². The van der Waals surface area contributed by atoms with Crippen molar-refractivity contribution in [1.29, 1.82) is 0 Å². The molecule has 0 fully saturated rings. The lowest BCUT2D eigenvalue weighted by molar-refractivity contribution is -0.120. The van der Waals surface area contributed by atoms with E-state index >= 15 is 0 Å². The predicted octanol–water partition coefficient (Wildman–Crippen LogP) is 2.91. The molecule has 0 aromatic carbocycles. The van der Waals surface area contributed by atoms with Crippen LogP contribution in [-0.4, -0.2) is 5.78 Å². The highest BCUT2D eigenvalue weighted by Gasteiger charge is 2.06. The average Bonchev–Trinajstić information content (AvgIpc) is 2.51. The van der Waals surface area contributed by atoms with Crippen LogP contribution in [0.15, 0.2) is 16.8 Å². The number of aryl methyl sites for hydroxylation is 1. The zero-order valence-corrected chi connectivity index (χ0v) is 8.36. The van der Waals surface area contributed by atoms with Crippen molar-refractivity contribution in [1.82, 2.24) is 0 Å². The average molecular weight is 182 g/mol. The molecule has 0 radical (unpaired) electrons. The first-order chi connectivity index (χ1) is 5.70. The number of thiophene rings is 1. The van der Waals surface area contributed by atoms with Crippen LogP contribution in [0.1, 0.15) is 25.8 Å². The third-order valence-corrected chi connectivity index (χ3v) is 2.87. The normalized spacial score (nSPS) is 12.8. The molecular formula is C10H14OS. The quantitative estimate of drug-likeness (QED) is 0.699. The van der Waals surface area contributed by atoms with Crippen LogP contribution in [0.5, 0.6) is 0 Å². The molecule has 1 heterocycles. The predicted molar refractivity (Wildman–Crippen MR) is 52.5 cm³/mol. The van der Waals surface area contributed by atoms with Crippen molar-refractivity contribution in [2.45, 2.75) is 26.7 Å². The van der Waals surface area contributed by atoms with Gasteiger partial charge in [-0.25, -0.2) is 0 Å². The van der Waals surface area contributed by atoms with E-state index in [0.29, 0.717) is 5.78 Å². The van der Waals surface area contributed by atoms with E-state index in [-0.39, 0.29) is 5.92 Å². The molecule has 0 saturated carbocycles. The molecule has 1 atom stereocenters. The van der Waals surface area contributed by atoms with Crippen molar-refractivity contribution in [3.8, 4) is 0 Å². The van der Waals surface area contributed by atoms with Gasteiger partial charge in [0, 0.05) is 5.92 Å². The van der Waals surface area contributed by atoms with Gasteiger partial charge in [0.1, 0.15) is 5.78 Å². The van der Waals surface area contributed by atoms with Gasteiger partial charge in [-0.2, -0.15) is 11.3 Å². The second-order valence-corrected chi connectivity index (χ2v) is 3.96. The third kappa shape index (κ3) is 2.78. The summed E-state index contributed by atoms with van der Waals surface area (Å²) in [5.41, 5.74) is 1.35. The van der Waals surface area contributed by atoms with Crippen molar-refractivity contribution in [2.24, 2.45) is 5.92 Å². The number of rotatable bonds is 4. The highest BCUT2D eigenvalue weighted by atomic mass is 32.1. The Hall–Kier alpha value is -0.630. The maximum Gasteiger partial charge on any atom is 0.132 e. The molecule has 0 amide bonds. The molecule has 1 aromatic heterocycles. The number of Topliss-reactive ketones (excluding diaryl/α,β-unsaturated/α-hetero) is 1. The molecule has 2 heteroatoms. The molecule has 12 heavy (non-hydrogen) atoms. The van der Waals surface area contributed by atoms with E-state index in [9.17, 15) is 4.79 Å². The topological polar surface area (TPSA) is 17.1 Å². The number of carbonyl (C=O) groups excluding carboxylic acids is 1. The number of ketones is 1. The van der Waals surface area contributed by atoms with Crippen molar-refractivity contribution >= 4 is 17.1 Å². The Morgan fingerprint density at radius 2 is 2.42 bits per heavy atom. The Labute approximate surface area is 77.4 Å². The highest BCUT2D eigenvalue weighted by Crippen LogP contribution is 2.12. The van der Waals surface area contributed by atoms with Crippen LogP contribution in [0.4, 0.5) is 0 Å². The minimum atomic E-state index is 0.213. The van der Waals surface area contributed by atoms with Crippen LogP contribution in [-0.2, 0) is 11.2 Å². The van der Waals surface area contributed by atoms with Gasteiger partial charge in [-0.3, -0.25) is 4.79 Å². The molecule has 0 N–H and O–H groups in total. The summed E-state index contributed by atoms with van der Waals surface area (Å²) in [6, 6.07) is 2.12. The molecule has 0 aliphatic carbocycles. The maximum absolute atomic E-state index is 10.9. The van der Waals surface area contributed by atoms with Crippen molar-refractivity contribution in [3.05, 3.63) is 22.4 Å².